The first-order chi connectivity index (χ1) is 16.2. The molecule has 0 spiro atoms. The first-order valence-electron chi connectivity index (χ1n) is 9.99. The van der Waals surface area contributed by atoms with Gasteiger partial charge in [-0.25, -0.2) is 13.2 Å². The molecule has 34 heavy (non-hydrogen) atoms. The molecule has 1 aromatic heterocycles. The Morgan fingerprint density at radius 1 is 1.03 bits per heavy atom. The molecule has 2 N–H and O–H groups in total. The monoisotopic (exact) mass is 470 g/mol. The summed E-state index contributed by atoms with van der Waals surface area (Å²) in [6, 6.07) is 9.72. The molecule has 0 aliphatic heterocycles. The number of hydrogen-bond donors (Lipinski definition) is 2. The van der Waals surface area contributed by atoms with Crippen LogP contribution in [0.5, 0.6) is 11.5 Å². The van der Waals surface area contributed by atoms with Gasteiger partial charge in [0.25, 0.3) is 0 Å². The van der Waals surface area contributed by atoms with Gasteiger partial charge < -0.3 is 19.4 Å². The molecule has 3 aromatic carbocycles. The van der Waals surface area contributed by atoms with Gasteiger partial charge in [-0.2, -0.15) is 0 Å². The molecule has 1 heterocycles. The second-order valence-electron chi connectivity index (χ2n) is 7.53. The third kappa shape index (κ3) is 4.07. The highest BCUT2D eigenvalue weighted by Gasteiger charge is 2.28. The molecule has 4 aromatic rings. The van der Waals surface area contributed by atoms with E-state index < -0.39 is 46.9 Å². The van der Waals surface area contributed by atoms with E-state index in [0.717, 1.165) is 13.4 Å². The molecule has 0 bridgehead atoms. The van der Waals surface area contributed by atoms with Crippen LogP contribution in [0, 0.1) is 17.5 Å². The van der Waals surface area contributed by atoms with Gasteiger partial charge in [-0.05, 0) is 47.5 Å². The van der Waals surface area contributed by atoms with Crippen molar-refractivity contribution in [3.05, 3.63) is 93.6 Å². The molecule has 0 unspecified atom stereocenters. The standard InChI is InChI=1S/C25H17F3O6/c1-33-21(31)10-16(13-8-18(26)23(28)19(27)9-13)22-20(30)7-6-15-24(32)17(11-34-25(15)22)12-2-4-14(29)5-3-12/h2-9,11,16,29-30H,10H2,1H3/t16-/m1/s1. The van der Waals surface area contributed by atoms with Crippen molar-refractivity contribution in [2.24, 2.45) is 0 Å². The number of phenols is 2. The van der Waals surface area contributed by atoms with Crippen molar-refractivity contribution in [2.75, 3.05) is 7.11 Å². The predicted molar refractivity (Wildman–Crippen MR) is 116 cm³/mol. The van der Waals surface area contributed by atoms with Crippen LogP contribution in [0.25, 0.3) is 22.1 Å². The van der Waals surface area contributed by atoms with Crippen LogP contribution >= 0.6 is 0 Å². The number of carbonyl (C=O) groups is 1. The largest absolute Gasteiger partial charge is 0.508 e. The Hall–Kier alpha value is -4.27. The van der Waals surface area contributed by atoms with Gasteiger partial charge in [0.1, 0.15) is 23.3 Å². The first kappa shape index (κ1) is 22.9. The van der Waals surface area contributed by atoms with E-state index in [4.69, 9.17) is 4.42 Å². The number of ether oxygens (including phenoxy) is 1. The van der Waals surface area contributed by atoms with Crippen molar-refractivity contribution in [3.63, 3.8) is 0 Å². The number of rotatable bonds is 5. The summed E-state index contributed by atoms with van der Waals surface area (Å²) in [6.45, 7) is 0. The van der Waals surface area contributed by atoms with Crippen LogP contribution in [0.3, 0.4) is 0 Å². The number of methoxy groups -OCH3 is 1. The number of hydrogen-bond acceptors (Lipinski definition) is 6. The quantitative estimate of drug-likeness (QED) is 0.315. The zero-order chi connectivity index (χ0) is 24.6. The van der Waals surface area contributed by atoms with Gasteiger partial charge in [-0.3, -0.25) is 9.59 Å². The topological polar surface area (TPSA) is 97.0 Å². The fourth-order valence-electron chi connectivity index (χ4n) is 3.80. The number of halogens is 3. The van der Waals surface area contributed by atoms with Crippen LogP contribution in [0.1, 0.15) is 23.5 Å². The molecule has 6 nitrogen and oxygen atoms in total. The van der Waals surface area contributed by atoms with E-state index in [2.05, 4.69) is 4.74 Å². The molecule has 0 amide bonds. The van der Waals surface area contributed by atoms with Gasteiger partial charge in [-0.1, -0.05) is 12.1 Å². The Balaban J connectivity index is 1.96. The Kier molecular flexibility index (Phi) is 6.02. The summed E-state index contributed by atoms with van der Waals surface area (Å²) in [5.74, 6) is -7.08. The van der Waals surface area contributed by atoms with Crippen molar-refractivity contribution >= 4 is 16.9 Å². The van der Waals surface area contributed by atoms with E-state index in [1.165, 1.54) is 36.4 Å². The van der Waals surface area contributed by atoms with E-state index in [9.17, 15) is 33.0 Å². The lowest BCUT2D eigenvalue weighted by atomic mass is 9.86. The molecule has 0 saturated carbocycles. The summed E-state index contributed by atoms with van der Waals surface area (Å²) >= 11 is 0. The number of carbonyl (C=O) groups excluding carboxylic acids is 1. The van der Waals surface area contributed by atoms with Crippen LogP contribution in [0.2, 0.25) is 0 Å². The number of fused-ring (bicyclic) bond motifs is 1. The van der Waals surface area contributed by atoms with Gasteiger partial charge >= 0.3 is 5.97 Å². The van der Waals surface area contributed by atoms with Crippen LogP contribution in [-0.4, -0.2) is 23.3 Å². The SMILES string of the molecule is COC(=O)C[C@H](c1cc(F)c(F)c(F)c1)c1c(O)ccc2c(=O)c(-c3ccc(O)cc3)coc12. The summed E-state index contributed by atoms with van der Waals surface area (Å²) in [6.07, 6.45) is 0.651. The number of aromatic hydroxyl groups is 2. The maximum atomic E-state index is 14.0. The smallest absolute Gasteiger partial charge is 0.306 e. The number of phenolic OH excluding ortho intramolecular Hbond substituents is 2. The van der Waals surface area contributed by atoms with Gasteiger partial charge in [0.15, 0.2) is 17.5 Å². The van der Waals surface area contributed by atoms with Crippen LogP contribution in [0.15, 0.2) is 64.0 Å². The lowest BCUT2D eigenvalue weighted by Crippen LogP contribution is -2.13. The van der Waals surface area contributed by atoms with Gasteiger partial charge in [-0.15, -0.1) is 0 Å². The third-order valence-corrected chi connectivity index (χ3v) is 5.49. The summed E-state index contributed by atoms with van der Waals surface area (Å²) < 4.78 is 51.9. The normalized spacial score (nSPS) is 12.0. The minimum atomic E-state index is -1.69. The van der Waals surface area contributed by atoms with Crippen molar-refractivity contribution in [2.45, 2.75) is 12.3 Å². The molecule has 174 valence electrons. The Bertz CT molecular complexity index is 1440. The van der Waals surface area contributed by atoms with E-state index in [1.54, 1.807) is 0 Å². The van der Waals surface area contributed by atoms with E-state index in [-0.39, 0.29) is 33.4 Å². The van der Waals surface area contributed by atoms with E-state index >= 15 is 0 Å². The van der Waals surface area contributed by atoms with Crippen molar-refractivity contribution in [1.29, 1.82) is 0 Å². The first-order valence-corrected chi connectivity index (χ1v) is 9.99. The van der Waals surface area contributed by atoms with Crippen molar-refractivity contribution in [3.8, 4) is 22.6 Å². The maximum Gasteiger partial charge on any atom is 0.306 e. The highest BCUT2D eigenvalue weighted by atomic mass is 19.2. The second kappa shape index (κ2) is 8.93. The van der Waals surface area contributed by atoms with Crippen molar-refractivity contribution in [1.82, 2.24) is 0 Å². The van der Waals surface area contributed by atoms with E-state index in [0.29, 0.717) is 17.7 Å². The molecule has 0 fully saturated rings. The van der Waals surface area contributed by atoms with Crippen LogP contribution in [0.4, 0.5) is 13.2 Å². The second-order valence-corrected chi connectivity index (χ2v) is 7.53. The highest BCUT2D eigenvalue weighted by Crippen LogP contribution is 2.40. The molecule has 0 aliphatic rings. The third-order valence-electron chi connectivity index (χ3n) is 5.49. The molecule has 4 rings (SSSR count). The molecule has 1 atom stereocenters. The summed E-state index contributed by atoms with van der Waals surface area (Å²) in [5.41, 5.74) is -0.255. The van der Waals surface area contributed by atoms with Gasteiger partial charge in [0.05, 0.1) is 24.5 Å². The maximum absolute atomic E-state index is 14.0. The lowest BCUT2D eigenvalue weighted by molar-refractivity contribution is -0.140. The molecule has 9 heteroatoms. The molecule has 0 radical (unpaired) electrons. The molecular formula is C25H17F3O6. The summed E-state index contributed by atoms with van der Waals surface area (Å²) in [7, 11) is 1.11. The average Bonchev–Trinajstić information content (AvgIpc) is 2.82. The predicted octanol–water partition coefficient (Wildman–Crippen LogP) is 4.98. The summed E-state index contributed by atoms with van der Waals surface area (Å²) in [5, 5.41) is 20.1. The zero-order valence-corrected chi connectivity index (χ0v) is 17.6. The van der Waals surface area contributed by atoms with Gasteiger partial charge in [0, 0.05) is 11.5 Å². The molecule has 0 saturated heterocycles. The van der Waals surface area contributed by atoms with E-state index in [1.807, 2.05) is 0 Å². The zero-order valence-electron chi connectivity index (χ0n) is 17.6. The summed E-state index contributed by atoms with van der Waals surface area (Å²) in [4.78, 5) is 25.3. The Morgan fingerprint density at radius 3 is 2.29 bits per heavy atom. The lowest BCUT2D eigenvalue weighted by Gasteiger charge is -2.20. The fraction of sp³-hybridized carbons (Fsp3) is 0.120. The average molecular weight is 470 g/mol. The number of benzene rings is 3. The molecule has 0 aliphatic carbocycles. The minimum absolute atomic E-state index is 0.00514. The Morgan fingerprint density at radius 2 is 1.68 bits per heavy atom. The Labute approximate surface area is 190 Å². The van der Waals surface area contributed by atoms with Crippen LogP contribution in [-0.2, 0) is 9.53 Å². The van der Waals surface area contributed by atoms with Crippen LogP contribution < -0.4 is 5.43 Å². The minimum Gasteiger partial charge on any atom is -0.508 e. The van der Waals surface area contributed by atoms with Crippen molar-refractivity contribution < 1.29 is 37.3 Å². The molecular weight excluding hydrogens is 453 g/mol. The van der Waals surface area contributed by atoms with Gasteiger partial charge in [0.2, 0.25) is 5.43 Å². The number of esters is 1. The highest BCUT2D eigenvalue weighted by molar-refractivity contribution is 5.87. The fourth-order valence-corrected chi connectivity index (χ4v) is 3.80.